The molecule has 0 atom stereocenters. The van der Waals surface area contributed by atoms with Crippen LogP contribution >= 0.6 is 46.0 Å². The summed E-state index contributed by atoms with van der Waals surface area (Å²) in [6.45, 7) is 1.68. The molecule has 1 N–H and O–H groups in total. The lowest BCUT2D eigenvalue weighted by atomic mass is 10.1. The lowest BCUT2D eigenvalue weighted by Crippen LogP contribution is -2.36. The molecular formula is C28H21ClF3IN2O5S. The number of anilines is 1. The Kier molecular flexibility index (Phi) is 9.87. The van der Waals surface area contributed by atoms with E-state index >= 15 is 0 Å². The van der Waals surface area contributed by atoms with E-state index < -0.39 is 35.3 Å². The van der Waals surface area contributed by atoms with Crippen LogP contribution in [0.2, 0.25) is 5.02 Å². The molecule has 0 radical (unpaired) electrons. The van der Waals surface area contributed by atoms with Crippen molar-refractivity contribution in [3.05, 3.63) is 90.9 Å². The highest BCUT2D eigenvalue weighted by atomic mass is 127. The molecule has 1 saturated heterocycles. The SMILES string of the molecule is CCOc1cc(/C=C2\SC(=O)N(CC(=O)Nc3cccc(C(F)(F)F)c3)C2=O)cc(Cl)c1OCc1ccc(I)cc1. The van der Waals surface area contributed by atoms with Crippen molar-refractivity contribution in [3.8, 4) is 11.5 Å². The van der Waals surface area contributed by atoms with Crippen LogP contribution in [0.3, 0.4) is 0 Å². The number of hydrogen-bond acceptors (Lipinski definition) is 6. The Bertz CT molecular complexity index is 1520. The Balaban J connectivity index is 1.47. The predicted molar refractivity (Wildman–Crippen MR) is 159 cm³/mol. The minimum Gasteiger partial charge on any atom is -0.490 e. The topological polar surface area (TPSA) is 84.9 Å². The largest absolute Gasteiger partial charge is 0.490 e. The van der Waals surface area contributed by atoms with Crippen molar-refractivity contribution in [2.24, 2.45) is 0 Å². The first-order valence-electron chi connectivity index (χ1n) is 12.0. The second-order valence-corrected chi connectivity index (χ2v) is 11.2. The first-order valence-corrected chi connectivity index (χ1v) is 14.3. The van der Waals surface area contributed by atoms with Gasteiger partial charge in [-0.05, 0) is 101 Å². The van der Waals surface area contributed by atoms with Gasteiger partial charge in [-0.15, -0.1) is 0 Å². The number of benzene rings is 3. The van der Waals surface area contributed by atoms with Gasteiger partial charge in [0.25, 0.3) is 11.1 Å². The number of ether oxygens (including phenoxy) is 2. The van der Waals surface area contributed by atoms with Gasteiger partial charge in [-0.25, -0.2) is 0 Å². The van der Waals surface area contributed by atoms with Gasteiger partial charge in [-0.2, -0.15) is 13.2 Å². The van der Waals surface area contributed by atoms with E-state index in [4.69, 9.17) is 21.1 Å². The molecule has 3 amide bonds. The van der Waals surface area contributed by atoms with Crippen LogP contribution in [0.5, 0.6) is 11.5 Å². The van der Waals surface area contributed by atoms with E-state index in [1.807, 2.05) is 24.3 Å². The van der Waals surface area contributed by atoms with Crippen LogP contribution in [0.1, 0.15) is 23.6 Å². The highest BCUT2D eigenvalue weighted by molar-refractivity contribution is 14.1. The predicted octanol–water partition coefficient (Wildman–Crippen LogP) is 7.62. The second-order valence-electron chi connectivity index (χ2n) is 8.57. The summed E-state index contributed by atoms with van der Waals surface area (Å²) in [6, 6.07) is 15.0. The van der Waals surface area contributed by atoms with Crippen LogP contribution in [0.25, 0.3) is 6.08 Å². The van der Waals surface area contributed by atoms with Gasteiger partial charge in [0.2, 0.25) is 5.91 Å². The van der Waals surface area contributed by atoms with E-state index in [2.05, 4.69) is 27.9 Å². The number of amides is 3. The summed E-state index contributed by atoms with van der Waals surface area (Å²) in [5, 5.41) is 1.82. The summed E-state index contributed by atoms with van der Waals surface area (Å²) >= 11 is 9.33. The van der Waals surface area contributed by atoms with E-state index in [1.54, 1.807) is 19.1 Å². The zero-order chi connectivity index (χ0) is 29.7. The number of carbonyl (C=O) groups is 3. The van der Waals surface area contributed by atoms with Gasteiger partial charge in [-0.1, -0.05) is 29.8 Å². The van der Waals surface area contributed by atoms with E-state index in [0.717, 1.165) is 27.3 Å². The molecule has 13 heteroatoms. The minimum absolute atomic E-state index is 0.0351. The summed E-state index contributed by atoms with van der Waals surface area (Å²) in [5.41, 5.74) is 0.327. The van der Waals surface area contributed by atoms with Crippen LogP contribution in [-0.2, 0) is 22.4 Å². The Morgan fingerprint density at radius 1 is 1.10 bits per heavy atom. The van der Waals surface area contributed by atoms with Gasteiger partial charge >= 0.3 is 6.18 Å². The molecule has 1 fully saturated rings. The number of thioether (sulfide) groups is 1. The molecule has 0 saturated carbocycles. The molecule has 4 rings (SSSR count). The lowest BCUT2D eigenvalue weighted by molar-refractivity contribution is -0.137. The highest BCUT2D eigenvalue weighted by Gasteiger charge is 2.36. The van der Waals surface area contributed by atoms with Crippen LogP contribution in [-0.4, -0.2) is 35.1 Å². The van der Waals surface area contributed by atoms with Crippen molar-refractivity contribution < 1.29 is 37.0 Å². The smallest absolute Gasteiger partial charge is 0.416 e. The third-order valence-electron chi connectivity index (χ3n) is 5.57. The van der Waals surface area contributed by atoms with Crippen LogP contribution < -0.4 is 14.8 Å². The number of imide groups is 1. The van der Waals surface area contributed by atoms with E-state index in [-0.39, 0.29) is 22.2 Å². The number of hydrogen-bond donors (Lipinski definition) is 1. The van der Waals surface area contributed by atoms with Crippen LogP contribution in [0.4, 0.5) is 23.7 Å². The maximum absolute atomic E-state index is 13.0. The number of carbonyl (C=O) groups excluding carboxylic acids is 3. The first-order chi connectivity index (χ1) is 19.4. The summed E-state index contributed by atoms with van der Waals surface area (Å²) in [7, 11) is 0. The first kappa shape index (κ1) is 30.7. The fourth-order valence-corrected chi connectivity index (χ4v) is 5.19. The maximum Gasteiger partial charge on any atom is 0.416 e. The highest BCUT2D eigenvalue weighted by Crippen LogP contribution is 2.39. The zero-order valence-electron chi connectivity index (χ0n) is 21.3. The standard InChI is InChI=1S/C28H21ClF3IN2O5S/c1-2-39-22-11-17(10-21(29)25(22)40-15-16-6-8-19(33)9-7-16)12-23-26(37)35(27(38)41-23)14-24(36)34-20-5-3-4-18(13-20)28(30,31)32/h3-13H,2,14-15H2,1H3,(H,34,36)/b23-12-. The van der Waals surface area contributed by atoms with Crippen molar-refractivity contribution in [2.75, 3.05) is 18.5 Å². The molecule has 41 heavy (non-hydrogen) atoms. The molecule has 3 aromatic rings. The number of nitrogens with zero attached hydrogens (tertiary/aromatic N) is 1. The summed E-state index contributed by atoms with van der Waals surface area (Å²) in [5.74, 6) is -0.892. The third kappa shape index (κ3) is 7.95. The van der Waals surface area contributed by atoms with Gasteiger partial charge in [0.1, 0.15) is 13.2 Å². The molecule has 214 valence electrons. The quantitative estimate of drug-likeness (QED) is 0.181. The van der Waals surface area contributed by atoms with Gasteiger partial charge in [0.05, 0.1) is 22.1 Å². The fourth-order valence-electron chi connectivity index (χ4n) is 3.72. The monoisotopic (exact) mass is 716 g/mol. The summed E-state index contributed by atoms with van der Waals surface area (Å²) in [6.07, 6.45) is -3.15. The Morgan fingerprint density at radius 3 is 2.51 bits per heavy atom. The van der Waals surface area contributed by atoms with Crippen molar-refractivity contribution >= 4 is 74.8 Å². The molecule has 7 nitrogen and oxygen atoms in total. The minimum atomic E-state index is -4.59. The zero-order valence-corrected chi connectivity index (χ0v) is 25.0. The number of halogens is 5. The van der Waals surface area contributed by atoms with Gasteiger partial charge in [0, 0.05) is 9.26 Å². The third-order valence-corrected chi connectivity index (χ3v) is 7.48. The molecule has 0 bridgehead atoms. The van der Waals surface area contributed by atoms with E-state index in [9.17, 15) is 27.6 Å². The second kappa shape index (κ2) is 13.2. The molecule has 1 aliphatic heterocycles. The van der Waals surface area contributed by atoms with Gasteiger partial charge < -0.3 is 14.8 Å². The average molecular weight is 717 g/mol. The summed E-state index contributed by atoms with van der Waals surface area (Å²) < 4.78 is 51.6. The molecule has 1 aliphatic rings. The number of nitrogens with one attached hydrogen (secondary N) is 1. The average Bonchev–Trinajstić information content (AvgIpc) is 3.16. The molecular weight excluding hydrogens is 696 g/mol. The van der Waals surface area contributed by atoms with Crippen molar-refractivity contribution in [1.82, 2.24) is 4.90 Å². The molecule has 3 aromatic carbocycles. The molecule has 0 spiro atoms. The number of rotatable bonds is 9. The Morgan fingerprint density at radius 2 is 1.83 bits per heavy atom. The molecule has 1 heterocycles. The van der Waals surface area contributed by atoms with Gasteiger partial charge in [-0.3, -0.25) is 19.3 Å². The van der Waals surface area contributed by atoms with Crippen LogP contribution in [0, 0.1) is 3.57 Å². The normalized spacial score (nSPS) is 14.5. The maximum atomic E-state index is 13.0. The van der Waals surface area contributed by atoms with Crippen LogP contribution in [0.15, 0.2) is 65.6 Å². The van der Waals surface area contributed by atoms with Crippen molar-refractivity contribution in [1.29, 1.82) is 0 Å². The fraction of sp³-hybridized carbons (Fsp3) is 0.179. The molecule has 0 unspecified atom stereocenters. The van der Waals surface area contributed by atoms with Crippen molar-refractivity contribution in [2.45, 2.75) is 19.7 Å². The number of alkyl halides is 3. The molecule has 0 aromatic heterocycles. The van der Waals surface area contributed by atoms with E-state index in [1.165, 1.54) is 12.1 Å². The van der Waals surface area contributed by atoms with Crippen molar-refractivity contribution in [3.63, 3.8) is 0 Å². The summed E-state index contributed by atoms with van der Waals surface area (Å²) in [4.78, 5) is 38.7. The molecule has 0 aliphatic carbocycles. The van der Waals surface area contributed by atoms with Gasteiger partial charge in [0.15, 0.2) is 11.5 Å². The lowest BCUT2D eigenvalue weighted by Gasteiger charge is -2.15. The van der Waals surface area contributed by atoms with E-state index in [0.29, 0.717) is 40.3 Å². The Hall–Kier alpha value is -3.23. The Labute approximate surface area is 256 Å².